The number of halogens is 1. The van der Waals surface area contributed by atoms with E-state index in [0.717, 1.165) is 4.88 Å². The molecule has 6 heteroatoms. The summed E-state index contributed by atoms with van der Waals surface area (Å²) >= 11 is 7.25. The summed E-state index contributed by atoms with van der Waals surface area (Å²) < 4.78 is 0.698. The van der Waals surface area contributed by atoms with E-state index >= 15 is 0 Å². The molecule has 1 aromatic rings. The summed E-state index contributed by atoms with van der Waals surface area (Å²) in [6.45, 7) is 3.37. The van der Waals surface area contributed by atoms with Gasteiger partial charge >= 0.3 is 5.97 Å². The number of aryl methyl sites for hydroxylation is 1. The average molecular weight is 290 g/mol. The zero-order valence-corrected chi connectivity index (χ0v) is 11.9. The normalized spacial score (nSPS) is 10.7. The Morgan fingerprint density at radius 1 is 1.44 bits per heavy atom. The number of carboxylic acids is 1. The molecule has 0 saturated carbocycles. The quantitative estimate of drug-likeness (QED) is 0.876. The number of rotatable bonds is 6. The summed E-state index contributed by atoms with van der Waals surface area (Å²) in [5.74, 6) is -1.13. The van der Waals surface area contributed by atoms with Crippen LogP contribution in [0.4, 0.5) is 0 Å². The molecule has 0 aliphatic rings. The SMILES string of the molecule is CC(C)N(CC(=O)O)C(=O)CCc1ccc(Cl)s1. The number of aliphatic carboxylic acids is 1. The summed E-state index contributed by atoms with van der Waals surface area (Å²) in [5.41, 5.74) is 0. The zero-order chi connectivity index (χ0) is 13.7. The summed E-state index contributed by atoms with van der Waals surface area (Å²) in [6.07, 6.45) is 0.904. The molecule has 100 valence electrons. The smallest absolute Gasteiger partial charge is 0.323 e. The van der Waals surface area contributed by atoms with E-state index in [-0.39, 0.29) is 18.5 Å². The van der Waals surface area contributed by atoms with Gasteiger partial charge in [-0.25, -0.2) is 0 Å². The third kappa shape index (κ3) is 4.66. The molecule has 1 amide bonds. The van der Waals surface area contributed by atoms with E-state index in [1.54, 1.807) is 6.07 Å². The van der Waals surface area contributed by atoms with E-state index < -0.39 is 5.97 Å². The Labute approximate surface area is 115 Å². The van der Waals surface area contributed by atoms with E-state index in [0.29, 0.717) is 17.2 Å². The van der Waals surface area contributed by atoms with Gasteiger partial charge in [0.1, 0.15) is 6.54 Å². The van der Waals surface area contributed by atoms with Crippen LogP contribution in [0.3, 0.4) is 0 Å². The van der Waals surface area contributed by atoms with Crippen LogP contribution >= 0.6 is 22.9 Å². The molecule has 0 saturated heterocycles. The molecule has 0 spiro atoms. The maximum Gasteiger partial charge on any atom is 0.323 e. The Hall–Kier alpha value is -1.07. The van der Waals surface area contributed by atoms with Gasteiger partial charge in [-0.3, -0.25) is 9.59 Å². The Bertz CT molecular complexity index is 431. The second-order valence-electron chi connectivity index (χ2n) is 4.21. The van der Waals surface area contributed by atoms with Crippen molar-refractivity contribution in [2.75, 3.05) is 6.54 Å². The highest BCUT2D eigenvalue weighted by Gasteiger charge is 2.19. The van der Waals surface area contributed by atoms with Crippen molar-refractivity contribution in [3.63, 3.8) is 0 Å². The number of carboxylic acid groups (broad SMARTS) is 1. The fourth-order valence-electron chi connectivity index (χ4n) is 1.56. The number of carbonyl (C=O) groups excluding carboxylic acids is 1. The van der Waals surface area contributed by atoms with Crippen molar-refractivity contribution in [1.29, 1.82) is 0 Å². The minimum absolute atomic E-state index is 0.111. The van der Waals surface area contributed by atoms with Crippen molar-refractivity contribution in [2.45, 2.75) is 32.7 Å². The highest BCUT2D eigenvalue weighted by atomic mass is 35.5. The molecular formula is C12H16ClNO3S. The lowest BCUT2D eigenvalue weighted by Crippen LogP contribution is -2.40. The maximum atomic E-state index is 11.9. The molecule has 0 atom stereocenters. The minimum atomic E-state index is -0.990. The first-order chi connectivity index (χ1) is 8.40. The molecule has 0 radical (unpaired) electrons. The van der Waals surface area contributed by atoms with Gasteiger partial charge in [-0.05, 0) is 32.4 Å². The highest BCUT2D eigenvalue weighted by Crippen LogP contribution is 2.22. The topological polar surface area (TPSA) is 57.6 Å². The first kappa shape index (κ1) is 15.0. The predicted octanol–water partition coefficient (Wildman–Crippen LogP) is 2.66. The lowest BCUT2D eigenvalue weighted by molar-refractivity contribution is -0.145. The molecule has 18 heavy (non-hydrogen) atoms. The minimum Gasteiger partial charge on any atom is -0.480 e. The van der Waals surface area contributed by atoms with Crippen LogP contribution in [-0.2, 0) is 16.0 Å². The molecule has 1 N–H and O–H groups in total. The molecule has 0 bridgehead atoms. The van der Waals surface area contributed by atoms with Crippen LogP contribution in [0.25, 0.3) is 0 Å². The van der Waals surface area contributed by atoms with Crippen molar-refractivity contribution in [1.82, 2.24) is 4.90 Å². The van der Waals surface area contributed by atoms with Gasteiger partial charge in [0.05, 0.1) is 4.34 Å². The molecule has 0 aliphatic heterocycles. The van der Waals surface area contributed by atoms with Crippen LogP contribution in [0.15, 0.2) is 12.1 Å². The Morgan fingerprint density at radius 2 is 2.11 bits per heavy atom. The lowest BCUT2D eigenvalue weighted by Gasteiger charge is -2.24. The second-order valence-corrected chi connectivity index (χ2v) is 6.01. The van der Waals surface area contributed by atoms with Crippen LogP contribution in [0.5, 0.6) is 0 Å². The van der Waals surface area contributed by atoms with Gasteiger partial charge in [0.25, 0.3) is 0 Å². The monoisotopic (exact) mass is 289 g/mol. The van der Waals surface area contributed by atoms with Crippen molar-refractivity contribution in [2.24, 2.45) is 0 Å². The van der Waals surface area contributed by atoms with Gasteiger partial charge in [0.15, 0.2) is 0 Å². The van der Waals surface area contributed by atoms with E-state index in [1.165, 1.54) is 16.2 Å². The predicted molar refractivity (Wildman–Crippen MR) is 72.1 cm³/mol. The molecule has 0 aromatic carbocycles. The first-order valence-electron chi connectivity index (χ1n) is 5.65. The Kier molecular flexibility index (Phi) is 5.62. The van der Waals surface area contributed by atoms with Gasteiger partial charge in [-0.15, -0.1) is 11.3 Å². The Morgan fingerprint density at radius 3 is 2.56 bits per heavy atom. The van der Waals surface area contributed by atoms with Gasteiger partial charge in [0, 0.05) is 17.3 Å². The van der Waals surface area contributed by atoms with Gasteiger partial charge in [-0.1, -0.05) is 11.6 Å². The fourth-order valence-corrected chi connectivity index (χ4v) is 2.65. The van der Waals surface area contributed by atoms with Gasteiger partial charge in [0.2, 0.25) is 5.91 Å². The third-order valence-electron chi connectivity index (χ3n) is 2.46. The highest BCUT2D eigenvalue weighted by molar-refractivity contribution is 7.16. The summed E-state index contributed by atoms with van der Waals surface area (Å²) in [7, 11) is 0. The molecular weight excluding hydrogens is 274 g/mol. The largest absolute Gasteiger partial charge is 0.480 e. The van der Waals surface area contributed by atoms with Gasteiger partial charge < -0.3 is 10.0 Å². The van der Waals surface area contributed by atoms with Crippen molar-refractivity contribution in [3.05, 3.63) is 21.3 Å². The second kappa shape index (κ2) is 6.75. The summed E-state index contributed by atoms with van der Waals surface area (Å²) in [6, 6.07) is 3.57. The Balaban J connectivity index is 2.53. The van der Waals surface area contributed by atoms with Gasteiger partial charge in [-0.2, -0.15) is 0 Å². The number of carbonyl (C=O) groups is 2. The van der Waals surface area contributed by atoms with E-state index in [4.69, 9.17) is 16.7 Å². The number of hydrogen-bond donors (Lipinski definition) is 1. The van der Waals surface area contributed by atoms with Crippen LogP contribution in [0, 0.1) is 0 Å². The van der Waals surface area contributed by atoms with Crippen molar-refractivity contribution < 1.29 is 14.7 Å². The molecule has 0 fully saturated rings. The maximum absolute atomic E-state index is 11.9. The molecule has 1 rings (SSSR count). The molecule has 0 unspecified atom stereocenters. The lowest BCUT2D eigenvalue weighted by atomic mass is 10.2. The van der Waals surface area contributed by atoms with Crippen LogP contribution in [0.2, 0.25) is 4.34 Å². The molecule has 0 aliphatic carbocycles. The summed E-state index contributed by atoms with van der Waals surface area (Å²) in [5, 5.41) is 8.76. The van der Waals surface area contributed by atoms with Crippen molar-refractivity contribution >= 4 is 34.8 Å². The zero-order valence-electron chi connectivity index (χ0n) is 10.4. The van der Waals surface area contributed by atoms with E-state index in [1.807, 2.05) is 19.9 Å². The molecule has 1 heterocycles. The number of nitrogens with zero attached hydrogens (tertiary/aromatic N) is 1. The number of thiophene rings is 1. The standard InChI is InChI=1S/C12H16ClNO3S/c1-8(2)14(7-12(16)17)11(15)6-4-9-3-5-10(13)18-9/h3,5,8H,4,6-7H2,1-2H3,(H,16,17). The third-order valence-corrected chi connectivity index (χ3v) is 3.75. The average Bonchev–Trinajstić information content (AvgIpc) is 2.68. The molecule has 1 aromatic heterocycles. The van der Waals surface area contributed by atoms with E-state index in [9.17, 15) is 9.59 Å². The van der Waals surface area contributed by atoms with Crippen molar-refractivity contribution in [3.8, 4) is 0 Å². The first-order valence-corrected chi connectivity index (χ1v) is 6.85. The number of hydrogen-bond acceptors (Lipinski definition) is 3. The van der Waals surface area contributed by atoms with Crippen LogP contribution in [-0.4, -0.2) is 34.5 Å². The van der Waals surface area contributed by atoms with Crippen LogP contribution in [0.1, 0.15) is 25.1 Å². The van der Waals surface area contributed by atoms with E-state index in [2.05, 4.69) is 0 Å². The van der Waals surface area contributed by atoms with Crippen LogP contribution < -0.4 is 0 Å². The molecule has 4 nitrogen and oxygen atoms in total. The summed E-state index contributed by atoms with van der Waals surface area (Å²) in [4.78, 5) is 25.0. The fraction of sp³-hybridized carbons (Fsp3) is 0.500. The number of amides is 1.